The van der Waals surface area contributed by atoms with Crippen LogP contribution < -0.4 is 55.7 Å². The van der Waals surface area contributed by atoms with E-state index in [1.807, 2.05) is 0 Å². The van der Waals surface area contributed by atoms with Crippen LogP contribution in [0.25, 0.3) is 0 Å². The number of rotatable bonds is 21. The SMILES string of the molecule is C[C@H](NC(=O)[C@H](C)NC(=O)[C@H](CCCN=C(N)N)NC(=O)[C@H](CCCN=C(N)N)NC(=O)[C@@H](N)CCCCN)C(=O)O. The van der Waals surface area contributed by atoms with Gasteiger partial charge >= 0.3 is 5.97 Å². The summed E-state index contributed by atoms with van der Waals surface area (Å²) < 4.78 is 0. The maximum absolute atomic E-state index is 13.3. The van der Waals surface area contributed by atoms with E-state index in [0.717, 1.165) is 0 Å². The lowest BCUT2D eigenvalue weighted by Crippen LogP contribution is -2.57. The fraction of sp³-hybridized carbons (Fsp3) is 0.708. The molecule has 0 aliphatic rings. The van der Waals surface area contributed by atoms with Crippen LogP contribution in [0.5, 0.6) is 0 Å². The minimum absolute atomic E-state index is 0.0709. The minimum Gasteiger partial charge on any atom is -0.480 e. The number of nitrogens with one attached hydrogen (secondary N) is 4. The molecule has 240 valence electrons. The summed E-state index contributed by atoms with van der Waals surface area (Å²) in [5, 5.41) is 19.0. The van der Waals surface area contributed by atoms with Crippen molar-refractivity contribution in [2.75, 3.05) is 19.6 Å². The number of carboxylic acids is 1. The van der Waals surface area contributed by atoms with Crippen LogP contribution in [0.2, 0.25) is 0 Å². The molecule has 0 aromatic rings. The number of carbonyl (C=O) groups is 5. The average Bonchev–Trinajstić information content (AvgIpc) is 2.91. The van der Waals surface area contributed by atoms with E-state index in [9.17, 15) is 24.0 Å². The molecule has 0 rings (SSSR count). The molecule has 0 bridgehead atoms. The monoisotopic (exact) mass is 600 g/mol. The van der Waals surface area contributed by atoms with E-state index in [1.165, 1.54) is 13.8 Å². The van der Waals surface area contributed by atoms with E-state index in [2.05, 4.69) is 31.3 Å². The van der Waals surface area contributed by atoms with E-state index in [-0.39, 0.29) is 44.3 Å². The van der Waals surface area contributed by atoms with Gasteiger partial charge in [-0.3, -0.25) is 34.0 Å². The number of carboxylic acid groups (broad SMARTS) is 1. The molecule has 0 aliphatic carbocycles. The molecule has 4 amide bonds. The molecule has 0 radical (unpaired) electrons. The van der Waals surface area contributed by atoms with Gasteiger partial charge in [-0.1, -0.05) is 6.42 Å². The average molecular weight is 601 g/mol. The number of aliphatic imine (C=N–C) groups is 2. The van der Waals surface area contributed by atoms with Crippen molar-refractivity contribution < 1.29 is 29.1 Å². The Balaban J connectivity index is 5.71. The van der Waals surface area contributed by atoms with Crippen molar-refractivity contribution in [1.29, 1.82) is 0 Å². The lowest BCUT2D eigenvalue weighted by molar-refractivity contribution is -0.141. The number of hydrogen-bond donors (Lipinski definition) is 11. The third-order valence-corrected chi connectivity index (χ3v) is 5.94. The van der Waals surface area contributed by atoms with Crippen LogP contribution in [-0.2, 0) is 24.0 Å². The topological polar surface area (TPSA) is 335 Å². The van der Waals surface area contributed by atoms with Gasteiger partial charge in [0.2, 0.25) is 23.6 Å². The zero-order valence-corrected chi connectivity index (χ0v) is 24.3. The van der Waals surface area contributed by atoms with Gasteiger partial charge in [0.25, 0.3) is 0 Å². The fourth-order valence-corrected chi connectivity index (χ4v) is 3.52. The van der Waals surface area contributed by atoms with Gasteiger partial charge in [-0.2, -0.15) is 0 Å². The van der Waals surface area contributed by atoms with Crippen LogP contribution in [0.1, 0.15) is 58.8 Å². The molecule has 0 aliphatic heterocycles. The maximum atomic E-state index is 13.3. The predicted molar refractivity (Wildman–Crippen MR) is 157 cm³/mol. The van der Waals surface area contributed by atoms with Crippen molar-refractivity contribution in [3.8, 4) is 0 Å². The largest absolute Gasteiger partial charge is 0.480 e. The van der Waals surface area contributed by atoms with Crippen molar-refractivity contribution in [3.05, 3.63) is 0 Å². The highest BCUT2D eigenvalue weighted by Crippen LogP contribution is 2.06. The van der Waals surface area contributed by atoms with Crippen molar-refractivity contribution >= 4 is 41.5 Å². The second-order valence-corrected chi connectivity index (χ2v) is 9.71. The van der Waals surface area contributed by atoms with Crippen molar-refractivity contribution in [2.24, 2.45) is 44.4 Å². The summed E-state index contributed by atoms with van der Waals surface area (Å²) in [6.45, 7) is 3.43. The molecular formula is C24H48N12O6. The summed E-state index contributed by atoms with van der Waals surface area (Å²) in [7, 11) is 0. The molecule has 5 atom stereocenters. The molecule has 0 saturated heterocycles. The van der Waals surface area contributed by atoms with Gasteiger partial charge < -0.3 is 60.8 Å². The second-order valence-electron chi connectivity index (χ2n) is 9.71. The number of guanidine groups is 2. The number of nitrogens with two attached hydrogens (primary N) is 6. The zero-order valence-electron chi connectivity index (χ0n) is 24.3. The summed E-state index contributed by atoms with van der Waals surface area (Å²) in [6, 6.07) is -5.43. The third-order valence-electron chi connectivity index (χ3n) is 5.94. The second kappa shape index (κ2) is 20.7. The summed E-state index contributed by atoms with van der Waals surface area (Å²) in [4.78, 5) is 70.3. The maximum Gasteiger partial charge on any atom is 0.325 e. The van der Waals surface area contributed by atoms with Gasteiger partial charge in [-0.15, -0.1) is 0 Å². The van der Waals surface area contributed by atoms with E-state index < -0.39 is 59.8 Å². The molecule has 0 spiro atoms. The summed E-state index contributed by atoms with van der Waals surface area (Å²) in [6.07, 6.45) is 2.47. The standard InChI is InChI=1S/C24H48N12O6/c1-13(18(37)34-14(2)22(41)42)33-20(39)16(8-5-11-31-23(27)28)36-21(40)17(9-6-12-32-24(29)30)35-19(38)15(26)7-3-4-10-25/h13-17H,3-12,25-26H2,1-2H3,(H,33,39)(H,34,37)(H,35,38)(H,36,40)(H,41,42)(H4,27,28,31)(H4,29,30,32)/t13-,14-,15-,16-,17-/m0/s1. The van der Waals surface area contributed by atoms with E-state index in [0.29, 0.717) is 32.2 Å². The van der Waals surface area contributed by atoms with Crippen LogP contribution in [0.4, 0.5) is 0 Å². The first kappa shape index (κ1) is 37.8. The van der Waals surface area contributed by atoms with Gasteiger partial charge in [0, 0.05) is 13.1 Å². The van der Waals surface area contributed by atoms with Crippen LogP contribution in [0.15, 0.2) is 9.98 Å². The van der Waals surface area contributed by atoms with Crippen LogP contribution in [-0.4, -0.2) is 96.5 Å². The number of aliphatic carboxylic acids is 1. The summed E-state index contributed by atoms with van der Waals surface area (Å²) in [5.41, 5.74) is 32.9. The molecule has 0 fully saturated rings. The number of nitrogens with zero attached hydrogens (tertiary/aromatic N) is 2. The van der Waals surface area contributed by atoms with Crippen molar-refractivity contribution in [1.82, 2.24) is 21.3 Å². The minimum atomic E-state index is -1.25. The molecule has 42 heavy (non-hydrogen) atoms. The van der Waals surface area contributed by atoms with Crippen LogP contribution >= 0.6 is 0 Å². The van der Waals surface area contributed by atoms with Crippen LogP contribution in [0, 0.1) is 0 Å². The smallest absolute Gasteiger partial charge is 0.325 e. The van der Waals surface area contributed by atoms with Gasteiger partial charge in [0.15, 0.2) is 11.9 Å². The number of amides is 4. The normalized spacial score (nSPS) is 14.2. The molecular weight excluding hydrogens is 552 g/mol. The predicted octanol–water partition coefficient (Wildman–Crippen LogP) is -4.39. The lowest BCUT2D eigenvalue weighted by atomic mass is 10.1. The first-order chi connectivity index (χ1) is 19.7. The van der Waals surface area contributed by atoms with Crippen molar-refractivity contribution in [2.45, 2.75) is 89.0 Å². The third kappa shape index (κ3) is 16.8. The molecule has 0 aromatic heterocycles. The molecule has 0 saturated carbocycles. The van der Waals surface area contributed by atoms with Crippen LogP contribution in [0.3, 0.4) is 0 Å². The Morgan fingerprint density at radius 3 is 1.55 bits per heavy atom. The Morgan fingerprint density at radius 2 is 1.10 bits per heavy atom. The first-order valence-corrected chi connectivity index (χ1v) is 13.7. The number of unbranched alkanes of at least 4 members (excludes halogenated alkanes) is 1. The van der Waals surface area contributed by atoms with Gasteiger partial charge in [0.1, 0.15) is 24.2 Å². The first-order valence-electron chi connectivity index (χ1n) is 13.7. The molecule has 18 heteroatoms. The Kier molecular flexibility index (Phi) is 18.6. The summed E-state index contributed by atoms with van der Waals surface area (Å²) >= 11 is 0. The molecule has 0 unspecified atom stereocenters. The Labute approximate surface area is 245 Å². The molecule has 18 nitrogen and oxygen atoms in total. The van der Waals surface area contributed by atoms with E-state index in [1.54, 1.807) is 0 Å². The highest BCUT2D eigenvalue weighted by Gasteiger charge is 2.29. The van der Waals surface area contributed by atoms with Gasteiger partial charge in [0.05, 0.1) is 6.04 Å². The highest BCUT2D eigenvalue weighted by molar-refractivity contribution is 5.95. The Bertz CT molecular complexity index is 952. The quantitative estimate of drug-likeness (QED) is 0.0338. The molecule has 0 heterocycles. The van der Waals surface area contributed by atoms with Crippen molar-refractivity contribution in [3.63, 3.8) is 0 Å². The lowest BCUT2D eigenvalue weighted by Gasteiger charge is -2.25. The van der Waals surface area contributed by atoms with E-state index in [4.69, 9.17) is 39.5 Å². The number of carbonyl (C=O) groups excluding carboxylic acids is 4. The Hall–Kier alpha value is -4.19. The molecule has 17 N–H and O–H groups in total. The van der Waals surface area contributed by atoms with E-state index >= 15 is 0 Å². The summed E-state index contributed by atoms with van der Waals surface area (Å²) in [5.74, 6) is -4.22. The number of hydrogen-bond acceptors (Lipinski definition) is 9. The molecule has 0 aromatic carbocycles. The highest BCUT2D eigenvalue weighted by atomic mass is 16.4. The van der Waals surface area contributed by atoms with Gasteiger partial charge in [-0.05, 0) is 58.9 Å². The zero-order chi connectivity index (χ0) is 32.2. The fourth-order valence-electron chi connectivity index (χ4n) is 3.52. The van der Waals surface area contributed by atoms with Gasteiger partial charge in [-0.25, -0.2) is 0 Å². The Morgan fingerprint density at radius 1 is 0.643 bits per heavy atom.